The van der Waals surface area contributed by atoms with Crippen LogP contribution in [-0.4, -0.2) is 36.2 Å². The molecule has 0 saturated heterocycles. The molecule has 35 heavy (non-hydrogen) atoms. The molecule has 2 aromatic carbocycles. The van der Waals surface area contributed by atoms with Crippen LogP contribution in [-0.2, 0) is 16.0 Å². The van der Waals surface area contributed by atoms with Crippen molar-refractivity contribution in [2.24, 2.45) is 10.4 Å². The summed E-state index contributed by atoms with van der Waals surface area (Å²) in [5.74, 6) is -0.521. The Balaban J connectivity index is 1.10. The van der Waals surface area contributed by atoms with E-state index in [1.807, 2.05) is 18.2 Å². The van der Waals surface area contributed by atoms with Crippen LogP contribution in [0.25, 0.3) is 0 Å². The standard InChI is InChI=1S/C26H26Cl2FN3O3/c27-17-1-4-22-16(11-17)12-18(31-22)14-30-24(34)25-5-8-26(9-6-25,10-7-25)32-23(33)15-35-19-2-3-20(28)21(29)13-19/h1-4,11,13H,5-10,12,14-15H2,(H,30,34)(H,32,33). The van der Waals surface area contributed by atoms with Crippen molar-refractivity contribution in [3.8, 4) is 5.75 Å². The summed E-state index contributed by atoms with van der Waals surface area (Å²) in [7, 11) is 0. The first-order chi connectivity index (χ1) is 16.8. The van der Waals surface area contributed by atoms with Gasteiger partial charge in [-0.1, -0.05) is 23.2 Å². The summed E-state index contributed by atoms with van der Waals surface area (Å²) in [6.45, 7) is 0.224. The Morgan fingerprint density at radius 3 is 2.49 bits per heavy atom. The largest absolute Gasteiger partial charge is 0.484 e. The molecular formula is C26H26Cl2FN3O3. The number of fused-ring (bicyclic) bond motifs is 4. The van der Waals surface area contributed by atoms with Gasteiger partial charge in [0.05, 0.1) is 17.3 Å². The molecule has 0 radical (unpaired) electrons. The van der Waals surface area contributed by atoms with Gasteiger partial charge in [0, 0.05) is 34.2 Å². The summed E-state index contributed by atoms with van der Waals surface area (Å²) in [5, 5.41) is 6.92. The zero-order valence-corrected chi connectivity index (χ0v) is 20.6. The van der Waals surface area contributed by atoms with Crippen molar-refractivity contribution in [2.45, 2.75) is 50.5 Å². The van der Waals surface area contributed by atoms with Crippen molar-refractivity contribution in [3.63, 3.8) is 0 Å². The van der Waals surface area contributed by atoms with Crippen LogP contribution in [0.4, 0.5) is 10.1 Å². The fourth-order valence-corrected chi connectivity index (χ4v) is 5.78. The fourth-order valence-electron chi connectivity index (χ4n) is 5.47. The van der Waals surface area contributed by atoms with Crippen LogP contribution < -0.4 is 15.4 Å². The summed E-state index contributed by atoms with van der Waals surface area (Å²) in [6.07, 6.45) is 5.11. The van der Waals surface area contributed by atoms with Gasteiger partial charge in [0.25, 0.3) is 5.91 Å². The molecule has 2 bridgehead atoms. The van der Waals surface area contributed by atoms with Crippen molar-refractivity contribution in [2.75, 3.05) is 13.2 Å². The zero-order chi connectivity index (χ0) is 24.6. The minimum Gasteiger partial charge on any atom is -0.484 e. The van der Waals surface area contributed by atoms with Gasteiger partial charge in [-0.05, 0) is 74.4 Å². The number of rotatable bonds is 7. The number of carbonyl (C=O) groups is 2. The lowest BCUT2D eigenvalue weighted by atomic mass is 9.57. The molecule has 6 nitrogen and oxygen atoms in total. The van der Waals surface area contributed by atoms with Gasteiger partial charge in [0.2, 0.25) is 5.91 Å². The predicted molar refractivity (Wildman–Crippen MR) is 133 cm³/mol. The first kappa shape index (κ1) is 24.1. The predicted octanol–water partition coefficient (Wildman–Crippen LogP) is 5.17. The molecule has 3 aliphatic carbocycles. The summed E-state index contributed by atoms with van der Waals surface area (Å²) < 4.78 is 19.0. The Morgan fingerprint density at radius 2 is 1.77 bits per heavy atom. The maximum absolute atomic E-state index is 13.6. The second kappa shape index (κ2) is 9.43. The molecule has 3 saturated carbocycles. The lowest BCUT2D eigenvalue weighted by molar-refractivity contribution is -0.139. The number of amides is 2. The highest BCUT2D eigenvalue weighted by atomic mass is 35.5. The molecule has 0 unspecified atom stereocenters. The van der Waals surface area contributed by atoms with Crippen molar-refractivity contribution in [3.05, 3.63) is 57.8 Å². The maximum Gasteiger partial charge on any atom is 0.258 e. The molecule has 3 fully saturated rings. The third kappa shape index (κ3) is 5.02. The number of nitrogens with one attached hydrogen (secondary N) is 2. The van der Waals surface area contributed by atoms with Crippen molar-refractivity contribution in [1.82, 2.24) is 10.6 Å². The first-order valence-electron chi connectivity index (χ1n) is 11.8. The lowest BCUT2D eigenvalue weighted by Gasteiger charge is -2.52. The second-order valence-corrected chi connectivity index (χ2v) is 10.6. The maximum atomic E-state index is 13.6. The second-order valence-electron chi connectivity index (χ2n) is 9.78. The van der Waals surface area contributed by atoms with Gasteiger partial charge < -0.3 is 15.4 Å². The van der Waals surface area contributed by atoms with Crippen LogP contribution >= 0.6 is 23.2 Å². The monoisotopic (exact) mass is 517 g/mol. The molecule has 2 aromatic rings. The van der Waals surface area contributed by atoms with Gasteiger partial charge in [-0.3, -0.25) is 14.6 Å². The zero-order valence-electron chi connectivity index (χ0n) is 19.1. The number of nitrogens with zero attached hydrogens (tertiary/aromatic N) is 1. The Bertz CT molecular complexity index is 1190. The Kier molecular flexibility index (Phi) is 6.49. The van der Waals surface area contributed by atoms with Gasteiger partial charge in [-0.25, -0.2) is 4.39 Å². The summed E-state index contributed by atoms with van der Waals surface area (Å²) in [5.41, 5.74) is 2.23. The Hall–Kier alpha value is -2.64. The van der Waals surface area contributed by atoms with Crippen molar-refractivity contribution >= 4 is 46.4 Å². The van der Waals surface area contributed by atoms with E-state index in [2.05, 4.69) is 15.6 Å². The number of aliphatic imine (C=N–C) groups is 1. The molecule has 0 aromatic heterocycles. The highest BCUT2D eigenvalue weighted by Crippen LogP contribution is 2.52. The molecule has 4 aliphatic rings. The topological polar surface area (TPSA) is 79.8 Å². The van der Waals surface area contributed by atoms with Crippen molar-refractivity contribution in [1.29, 1.82) is 0 Å². The third-order valence-electron chi connectivity index (χ3n) is 7.56. The SMILES string of the molecule is O=C(COc1ccc(Cl)c(F)c1)NC12CCC(C(=O)NCC3=Nc4ccc(Cl)cc4C3)(CC1)CC2. The molecule has 9 heteroatoms. The smallest absolute Gasteiger partial charge is 0.258 e. The van der Waals surface area contributed by atoms with Crippen LogP contribution in [0.2, 0.25) is 10.0 Å². The number of hydrogen-bond acceptors (Lipinski definition) is 4. The van der Waals surface area contributed by atoms with Crippen LogP contribution in [0.5, 0.6) is 5.75 Å². The third-order valence-corrected chi connectivity index (χ3v) is 8.10. The van der Waals surface area contributed by atoms with Crippen LogP contribution in [0.15, 0.2) is 41.4 Å². The molecule has 2 amide bonds. The van der Waals surface area contributed by atoms with Gasteiger partial charge in [-0.2, -0.15) is 0 Å². The van der Waals surface area contributed by atoms with E-state index < -0.39 is 5.82 Å². The van der Waals surface area contributed by atoms with E-state index in [4.69, 9.17) is 27.9 Å². The van der Waals surface area contributed by atoms with E-state index in [-0.39, 0.29) is 40.1 Å². The van der Waals surface area contributed by atoms with Gasteiger partial charge in [-0.15, -0.1) is 0 Å². The number of carbonyl (C=O) groups excluding carboxylic acids is 2. The number of benzene rings is 2. The molecule has 1 heterocycles. The van der Waals surface area contributed by atoms with Gasteiger partial charge >= 0.3 is 0 Å². The number of hydrogen-bond donors (Lipinski definition) is 2. The Labute approximate surface area is 213 Å². The molecule has 0 atom stereocenters. The summed E-state index contributed by atoms with van der Waals surface area (Å²) in [6, 6.07) is 9.72. The van der Waals surface area contributed by atoms with Crippen molar-refractivity contribution < 1.29 is 18.7 Å². The number of halogens is 3. The average molecular weight is 518 g/mol. The molecule has 184 valence electrons. The first-order valence-corrected chi connectivity index (χ1v) is 12.5. The molecule has 1 aliphatic heterocycles. The van der Waals surface area contributed by atoms with E-state index in [0.29, 0.717) is 18.0 Å². The van der Waals surface area contributed by atoms with E-state index in [0.717, 1.165) is 61.6 Å². The van der Waals surface area contributed by atoms with Gasteiger partial charge in [0.15, 0.2) is 6.61 Å². The molecule has 6 rings (SSSR count). The van der Waals surface area contributed by atoms with E-state index in [9.17, 15) is 14.0 Å². The fraction of sp³-hybridized carbons (Fsp3) is 0.423. The van der Waals surface area contributed by atoms with Gasteiger partial charge in [0.1, 0.15) is 11.6 Å². The van der Waals surface area contributed by atoms with E-state index >= 15 is 0 Å². The highest BCUT2D eigenvalue weighted by Gasteiger charge is 2.52. The molecular weight excluding hydrogens is 492 g/mol. The quantitative estimate of drug-likeness (QED) is 0.531. The minimum absolute atomic E-state index is 0.00357. The molecule has 0 spiro atoms. The van der Waals surface area contributed by atoms with Crippen LogP contribution in [0.3, 0.4) is 0 Å². The Morgan fingerprint density at radius 1 is 1.03 bits per heavy atom. The molecule has 2 N–H and O–H groups in total. The van der Waals surface area contributed by atoms with E-state index in [1.165, 1.54) is 12.1 Å². The highest BCUT2D eigenvalue weighted by molar-refractivity contribution is 6.31. The van der Waals surface area contributed by atoms with Crippen LogP contribution in [0, 0.1) is 11.2 Å². The summed E-state index contributed by atoms with van der Waals surface area (Å²) >= 11 is 11.7. The average Bonchev–Trinajstić information content (AvgIpc) is 3.26. The number of ether oxygens (including phenoxy) is 1. The normalized spacial score (nSPS) is 24.5. The summed E-state index contributed by atoms with van der Waals surface area (Å²) in [4.78, 5) is 30.3. The van der Waals surface area contributed by atoms with E-state index in [1.54, 1.807) is 0 Å². The minimum atomic E-state index is -0.591. The lowest BCUT2D eigenvalue weighted by Crippen LogP contribution is -2.60. The van der Waals surface area contributed by atoms with Crippen LogP contribution in [0.1, 0.15) is 44.1 Å².